The van der Waals surface area contributed by atoms with Crippen molar-refractivity contribution in [2.24, 2.45) is 17.8 Å². The lowest BCUT2D eigenvalue weighted by molar-refractivity contribution is 0.437. The lowest BCUT2D eigenvalue weighted by atomic mass is 9.86. The van der Waals surface area contributed by atoms with Crippen molar-refractivity contribution in [3.8, 4) is 0 Å². The Kier molecular flexibility index (Phi) is 5.69. The number of hydrogen-bond donors (Lipinski definition) is 0. The third-order valence-electron chi connectivity index (χ3n) is 5.50. The Morgan fingerprint density at radius 3 is 2.35 bits per heavy atom. The summed E-state index contributed by atoms with van der Waals surface area (Å²) >= 11 is 0. The number of hydrogen-bond acceptors (Lipinski definition) is 0. The van der Waals surface area contributed by atoms with Crippen LogP contribution in [0.3, 0.4) is 0 Å². The Morgan fingerprint density at radius 2 is 1.80 bits per heavy atom. The van der Waals surface area contributed by atoms with E-state index in [0.29, 0.717) is 0 Å². The van der Waals surface area contributed by atoms with Crippen LogP contribution in [-0.2, 0) is 0 Å². The second-order valence-corrected chi connectivity index (χ2v) is 7.18. The monoisotopic (exact) mass is 272 g/mol. The molecule has 0 aromatic carbocycles. The number of unbranched alkanes of at least 4 members (excludes halogenated alkanes) is 1. The van der Waals surface area contributed by atoms with Crippen molar-refractivity contribution < 1.29 is 0 Å². The van der Waals surface area contributed by atoms with Crippen LogP contribution in [0.4, 0.5) is 0 Å². The van der Waals surface area contributed by atoms with E-state index in [1.165, 1.54) is 50.5 Å². The highest BCUT2D eigenvalue weighted by molar-refractivity contribution is 5.14. The Hall–Kier alpha value is -0.780. The zero-order valence-electron chi connectivity index (χ0n) is 13.9. The average molecular weight is 272 g/mol. The van der Waals surface area contributed by atoms with Gasteiger partial charge in [-0.05, 0) is 90.4 Å². The first-order chi connectivity index (χ1) is 9.60. The molecule has 0 spiro atoms. The molecule has 3 atom stereocenters. The molecule has 0 heteroatoms. The molecule has 0 saturated heterocycles. The summed E-state index contributed by atoms with van der Waals surface area (Å²) in [6, 6.07) is 0. The third kappa shape index (κ3) is 4.11. The molecule has 0 aromatic heterocycles. The van der Waals surface area contributed by atoms with E-state index in [-0.39, 0.29) is 0 Å². The molecule has 0 nitrogen and oxygen atoms in total. The van der Waals surface area contributed by atoms with Crippen LogP contribution < -0.4 is 0 Å². The van der Waals surface area contributed by atoms with Crippen LogP contribution >= 0.6 is 0 Å². The summed E-state index contributed by atoms with van der Waals surface area (Å²) in [4.78, 5) is 0. The highest BCUT2D eigenvalue weighted by Gasteiger charge is 2.35. The van der Waals surface area contributed by atoms with Crippen LogP contribution in [0.2, 0.25) is 0 Å². The van der Waals surface area contributed by atoms with Gasteiger partial charge in [-0.3, -0.25) is 0 Å². The smallest absolute Gasteiger partial charge is 0.0196 e. The minimum atomic E-state index is 0.905. The molecular formula is C20H32. The molecule has 0 N–H and O–H groups in total. The predicted molar refractivity (Wildman–Crippen MR) is 89.7 cm³/mol. The van der Waals surface area contributed by atoms with Gasteiger partial charge in [-0.1, -0.05) is 34.9 Å². The fourth-order valence-electron chi connectivity index (χ4n) is 3.82. The molecule has 20 heavy (non-hydrogen) atoms. The van der Waals surface area contributed by atoms with E-state index in [1.54, 1.807) is 11.1 Å². The standard InChI is InChI=1S/C20H32/c1-5-17(9-7-6-8-16(4)15(2)3)12-20-14-18-10-11-19(20)13-18/h5,10-11,18-20H,6-9,12-14H2,1-4H3. The van der Waals surface area contributed by atoms with Crippen LogP contribution in [-0.4, -0.2) is 0 Å². The van der Waals surface area contributed by atoms with E-state index in [0.717, 1.165) is 17.8 Å². The van der Waals surface area contributed by atoms with Crippen LogP contribution in [0.25, 0.3) is 0 Å². The molecule has 112 valence electrons. The Labute approximate surface area is 126 Å². The SMILES string of the molecule is CC=C(CCCCC(C)=C(C)C)CC1CC2C=CC1C2. The summed E-state index contributed by atoms with van der Waals surface area (Å²) in [5.74, 6) is 2.78. The van der Waals surface area contributed by atoms with Gasteiger partial charge in [0.25, 0.3) is 0 Å². The van der Waals surface area contributed by atoms with E-state index in [1.807, 2.05) is 0 Å². The van der Waals surface area contributed by atoms with Crippen molar-refractivity contribution in [2.45, 2.75) is 72.6 Å². The summed E-state index contributed by atoms with van der Waals surface area (Å²) in [7, 11) is 0. The number of rotatable bonds is 7. The topological polar surface area (TPSA) is 0 Å². The summed E-state index contributed by atoms with van der Waals surface area (Å²) in [6.45, 7) is 8.98. The zero-order valence-corrected chi connectivity index (χ0v) is 13.9. The summed E-state index contributed by atoms with van der Waals surface area (Å²) in [5.41, 5.74) is 4.81. The third-order valence-corrected chi connectivity index (χ3v) is 5.50. The van der Waals surface area contributed by atoms with Gasteiger partial charge in [-0.25, -0.2) is 0 Å². The van der Waals surface area contributed by atoms with Gasteiger partial charge in [0.1, 0.15) is 0 Å². The molecule has 1 saturated carbocycles. The summed E-state index contributed by atoms with van der Waals surface area (Å²) in [5, 5.41) is 0. The van der Waals surface area contributed by atoms with Crippen molar-refractivity contribution in [3.63, 3.8) is 0 Å². The van der Waals surface area contributed by atoms with E-state index >= 15 is 0 Å². The van der Waals surface area contributed by atoms with Gasteiger partial charge in [0, 0.05) is 0 Å². The first kappa shape index (κ1) is 15.6. The van der Waals surface area contributed by atoms with Gasteiger partial charge in [-0.2, -0.15) is 0 Å². The summed E-state index contributed by atoms with van der Waals surface area (Å²) < 4.78 is 0. The van der Waals surface area contributed by atoms with Crippen molar-refractivity contribution in [3.05, 3.63) is 34.9 Å². The lowest BCUT2D eigenvalue weighted by Gasteiger charge is -2.20. The van der Waals surface area contributed by atoms with Gasteiger partial charge < -0.3 is 0 Å². The first-order valence-corrected chi connectivity index (χ1v) is 8.55. The molecule has 0 aliphatic heterocycles. The van der Waals surface area contributed by atoms with Gasteiger partial charge in [-0.15, -0.1) is 0 Å². The second-order valence-electron chi connectivity index (χ2n) is 7.18. The molecule has 0 radical (unpaired) electrons. The van der Waals surface area contributed by atoms with Crippen LogP contribution in [0, 0.1) is 17.8 Å². The lowest BCUT2D eigenvalue weighted by Crippen LogP contribution is -2.08. The second kappa shape index (κ2) is 7.29. The molecule has 2 aliphatic carbocycles. The van der Waals surface area contributed by atoms with Gasteiger partial charge in [0.05, 0.1) is 0 Å². The van der Waals surface area contributed by atoms with E-state index < -0.39 is 0 Å². The number of allylic oxidation sites excluding steroid dienone is 6. The zero-order chi connectivity index (χ0) is 14.5. The Morgan fingerprint density at radius 1 is 1.05 bits per heavy atom. The predicted octanol–water partition coefficient (Wildman–Crippen LogP) is 6.45. The van der Waals surface area contributed by atoms with Gasteiger partial charge in [0.15, 0.2) is 0 Å². The number of fused-ring (bicyclic) bond motifs is 2. The minimum absolute atomic E-state index is 0.905. The van der Waals surface area contributed by atoms with Crippen LogP contribution in [0.1, 0.15) is 72.6 Å². The van der Waals surface area contributed by atoms with E-state index in [9.17, 15) is 0 Å². The Balaban J connectivity index is 1.69. The quantitative estimate of drug-likeness (QED) is 0.369. The van der Waals surface area contributed by atoms with Crippen LogP contribution in [0.5, 0.6) is 0 Å². The fourth-order valence-corrected chi connectivity index (χ4v) is 3.82. The van der Waals surface area contributed by atoms with Crippen molar-refractivity contribution in [1.82, 2.24) is 0 Å². The molecular weight excluding hydrogens is 240 g/mol. The molecule has 2 aliphatic rings. The van der Waals surface area contributed by atoms with E-state index in [4.69, 9.17) is 0 Å². The highest BCUT2D eigenvalue weighted by Crippen LogP contribution is 2.46. The maximum atomic E-state index is 2.49. The fraction of sp³-hybridized carbons (Fsp3) is 0.700. The minimum Gasteiger partial charge on any atom is -0.0884 e. The highest BCUT2D eigenvalue weighted by atomic mass is 14.4. The van der Waals surface area contributed by atoms with Crippen molar-refractivity contribution in [2.75, 3.05) is 0 Å². The maximum absolute atomic E-state index is 2.49. The molecule has 1 fully saturated rings. The largest absolute Gasteiger partial charge is 0.0884 e. The molecule has 0 amide bonds. The average Bonchev–Trinajstić information content (AvgIpc) is 3.04. The molecule has 2 bridgehead atoms. The molecule has 0 aromatic rings. The van der Waals surface area contributed by atoms with Crippen molar-refractivity contribution in [1.29, 1.82) is 0 Å². The van der Waals surface area contributed by atoms with Crippen LogP contribution in [0.15, 0.2) is 34.9 Å². The summed E-state index contributed by atoms with van der Waals surface area (Å²) in [6.07, 6.45) is 16.9. The first-order valence-electron chi connectivity index (χ1n) is 8.55. The molecule has 3 unspecified atom stereocenters. The van der Waals surface area contributed by atoms with Gasteiger partial charge in [0.2, 0.25) is 0 Å². The van der Waals surface area contributed by atoms with E-state index in [2.05, 4.69) is 45.9 Å². The Bertz CT molecular complexity index is 404. The molecule has 2 rings (SSSR count). The molecule has 0 heterocycles. The van der Waals surface area contributed by atoms with Crippen molar-refractivity contribution >= 4 is 0 Å². The normalized spacial score (nSPS) is 28.2. The van der Waals surface area contributed by atoms with Gasteiger partial charge >= 0.3 is 0 Å². The maximum Gasteiger partial charge on any atom is -0.0196 e.